The van der Waals surface area contributed by atoms with Crippen molar-refractivity contribution < 1.29 is 27.4 Å². The van der Waals surface area contributed by atoms with E-state index in [1.165, 1.54) is 0 Å². The Hall–Kier alpha value is -6.85. The van der Waals surface area contributed by atoms with Crippen molar-refractivity contribution in [2.75, 3.05) is 0 Å². The lowest BCUT2D eigenvalue weighted by atomic mass is 9.82. The third kappa shape index (κ3) is 4.34. The number of hydrogen-bond donors (Lipinski definition) is 0. The molecule has 250 valence electrons. The van der Waals surface area contributed by atoms with Gasteiger partial charge in [0.15, 0.2) is 5.82 Å². The number of aromatic nitrogens is 5. The minimum atomic E-state index is -0.814. The molecule has 53 heavy (non-hydrogen) atoms. The van der Waals surface area contributed by atoms with Crippen LogP contribution in [0.1, 0.15) is 52.4 Å². The smallest absolute Gasteiger partial charge is 0.240 e. The van der Waals surface area contributed by atoms with E-state index < -0.39 is 166 Å². The van der Waals surface area contributed by atoms with Crippen LogP contribution >= 0.6 is 0 Å². The number of rotatable bonds is 4. The first-order valence-electron chi connectivity index (χ1n) is 26.5. The summed E-state index contributed by atoms with van der Waals surface area (Å²) in [5, 5.41) is -1.38. The van der Waals surface area contributed by atoms with Crippen molar-refractivity contribution in [2.45, 2.75) is 19.3 Å². The Balaban J connectivity index is 1.37. The van der Waals surface area contributed by atoms with Gasteiger partial charge in [-0.3, -0.25) is 9.13 Å². The summed E-state index contributed by atoms with van der Waals surface area (Å²) < 4.78 is 181. The predicted octanol–water partition coefficient (Wildman–Crippen LogP) is 11.7. The van der Waals surface area contributed by atoms with Crippen molar-refractivity contribution in [1.82, 2.24) is 24.1 Å². The molecule has 7 aromatic carbocycles. The van der Waals surface area contributed by atoms with Crippen LogP contribution in [0.2, 0.25) is 0 Å². The molecule has 0 amide bonds. The van der Waals surface area contributed by atoms with E-state index in [1.54, 1.807) is 6.07 Å². The first kappa shape index (κ1) is 16.2. The van der Waals surface area contributed by atoms with Crippen LogP contribution in [0.5, 0.6) is 0 Å². The summed E-state index contributed by atoms with van der Waals surface area (Å²) in [6.45, 7) is 4.05. The van der Waals surface area contributed by atoms with Crippen molar-refractivity contribution in [3.63, 3.8) is 0 Å². The maximum absolute atomic E-state index is 9.86. The number of benzene rings is 7. The molecule has 0 aliphatic heterocycles. The van der Waals surface area contributed by atoms with Gasteiger partial charge in [0.25, 0.3) is 0 Å². The molecule has 5 heteroatoms. The highest BCUT2D eigenvalue weighted by atomic mass is 15.3. The van der Waals surface area contributed by atoms with E-state index in [-0.39, 0.29) is 33.0 Å². The normalized spacial score (nSPS) is 18.5. The standard InChI is InChI=1S/C48H33N5/c1-48(2)39-20-10-6-16-33(39)34-26-25-32(28-40(34)48)45-49-46(52-41-21-11-7-17-35(41)36-18-8-12-22-42(36)52)51-47(50-45)53-43-23-13-9-19-37(43)38-27-24-31(29-44(38)53)30-14-4-3-5-15-30/h3-29H,1-2H3/i3D,4D,5D,7D,8D,9D,11D,12D,13D,14D,15D,17D,18D,19D,21D,22D,23D,24D,27D,29D. The minimum Gasteiger partial charge on any atom is -0.278 e. The van der Waals surface area contributed by atoms with Gasteiger partial charge in [-0.2, -0.15) is 15.0 Å². The van der Waals surface area contributed by atoms with E-state index in [4.69, 9.17) is 32.8 Å². The fourth-order valence-electron chi connectivity index (χ4n) is 7.36. The monoisotopic (exact) mass is 699 g/mol. The Labute approximate surface area is 334 Å². The molecule has 5 nitrogen and oxygen atoms in total. The van der Waals surface area contributed by atoms with E-state index >= 15 is 0 Å². The maximum Gasteiger partial charge on any atom is 0.240 e. The minimum absolute atomic E-state index is 0.192. The van der Waals surface area contributed by atoms with Gasteiger partial charge in [0.2, 0.25) is 11.9 Å². The number of fused-ring (bicyclic) bond motifs is 9. The zero-order chi connectivity index (χ0) is 52.7. The molecular formula is C48H33N5. The van der Waals surface area contributed by atoms with Gasteiger partial charge in [-0.1, -0.05) is 147 Å². The molecule has 0 saturated heterocycles. The summed E-state index contributed by atoms with van der Waals surface area (Å²) in [5.41, 5.74) is 0.528. The van der Waals surface area contributed by atoms with Gasteiger partial charge in [-0.25, -0.2) is 0 Å². The molecule has 0 fully saturated rings. The Kier molecular flexibility index (Phi) is 3.39. The van der Waals surface area contributed by atoms with Crippen molar-refractivity contribution in [1.29, 1.82) is 0 Å². The summed E-state index contributed by atoms with van der Waals surface area (Å²) in [6.07, 6.45) is 0. The zero-order valence-corrected chi connectivity index (χ0v) is 27.8. The topological polar surface area (TPSA) is 48.5 Å². The number of para-hydroxylation sites is 3. The molecule has 0 N–H and O–H groups in total. The molecule has 0 atom stereocenters. The van der Waals surface area contributed by atoms with E-state index in [9.17, 15) is 9.60 Å². The second-order valence-electron chi connectivity index (χ2n) is 13.0. The second-order valence-corrected chi connectivity index (χ2v) is 13.0. The summed E-state index contributed by atoms with van der Waals surface area (Å²) in [5.74, 6) is -1.29. The van der Waals surface area contributed by atoms with Gasteiger partial charge >= 0.3 is 0 Å². The lowest BCUT2D eigenvalue weighted by molar-refractivity contribution is 0.660. The third-order valence-electron chi connectivity index (χ3n) is 9.79. The van der Waals surface area contributed by atoms with Crippen LogP contribution in [0.3, 0.4) is 0 Å². The molecule has 1 aliphatic carbocycles. The molecule has 0 spiro atoms. The van der Waals surface area contributed by atoms with Gasteiger partial charge in [0.1, 0.15) is 0 Å². The van der Waals surface area contributed by atoms with Gasteiger partial charge in [-0.15, -0.1) is 0 Å². The first-order valence-corrected chi connectivity index (χ1v) is 16.5. The SMILES string of the molecule is [2H]c1c([2H])c([2H])c(-c2c([2H])c([2H])c3c4c([2H])c([2H])c([2H])c([2H])c4n(-c4nc(-c5ccc6c(c5)C(C)(C)c5ccccc5-6)nc(-n5c6c([2H])c([2H])c([2H])c([2H])c6c6c([2H])c([2H])c([2H])c([2H])c65)n4)c3c2[2H])c([2H])c1[2H]. The third-order valence-corrected chi connectivity index (χ3v) is 9.79. The van der Waals surface area contributed by atoms with E-state index in [1.807, 2.05) is 50.2 Å². The Morgan fingerprint density at radius 1 is 0.472 bits per heavy atom. The average Bonchev–Trinajstić information content (AvgIpc) is 4.01. The molecule has 0 unspecified atom stereocenters. The molecular weight excluding hydrogens is 647 g/mol. The molecule has 10 aromatic rings. The highest BCUT2D eigenvalue weighted by Crippen LogP contribution is 2.49. The average molecular weight is 700 g/mol. The summed E-state index contributed by atoms with van der Waals surface area (Å²) in [6, 6.07) is -1.70. The van der Waals surface area contributed by atoms with Gasteiger partial charge in [-0.05, 0) is 63.6 Å². The number of hydrogen-bond acceptors (Lipinski definition) is 3. The molecule has 0 bridgehead atoms. The van der Waals surface area contributed by atoms with Crippen molar-refractivity contribution in [3.8, 4) is 45.5 Å². The quantitative estimate of drug-likeness (QED) is 0.184. The van der Waals surface area contributed by atoms with Gasteiger partial charge < -0.3 is 0 Å². The van der Waals surface area contributed by atoms with Crippen LogP contribution in [-0.4, -0.2) is 24.1 Å². The molecule has 3 heterocycles. The maximum atomic E-state index is 9.86. The molecule has 11 rings (SSSR count). The Morgan fingerprint density at radius 3 is 1.68 bits per heavy atom. The van der Waals surface area contributed by atoms with Crippen LogP contribution in [0, 0.1) is 0 Å². The van der Waals surface area contributed by atoms with E-state index in [0.29, 0.717) is 5.56 Å². The molecule has 3 aromatic heterocycles. The summed E-state index contributed by atoms with van der Waals surface area (Å²) in [4.78, 5) is 14.6. The summed E-state index contributed by atoms with van der Waals surface area (Å²) in [7, 11) is 0. The Bertz CT molecular complexity index is 4150. The number of nitrogens with zero attached hydrogens (tertiary/aromatic N) is 5. The van der Waals surface area contributed by atoms with E-state index in [2.05, 4.69) is 0 Å². The van der Waals surface area contributed by atoms with Crippen LogP contribution in [0.4, 0.5) is 0 Å². The van der Waals surface area contributed by atoms with Crippen LogP contribution in [-0.2, 0) is 5.41 Å². The second kappa shape index (κ2) is 11.1. The van der Waals surface area contributed by atoms with E-state index in [0.717, 1.165) is 31.4 Å². The van der Waals surface area contributed by atoms with Crippen molar-refractivity contribution in [3.05, 3.63) is 174 Å². The molecule has 1 aliphatic rings. The zero-order valence-electron chi connectivity index (χ0n) is 47.8. The lowest BCUT2D eigenvalue weighted by Crippen LogP contribution is -2.15. The fourth-order valence-corrected chi connectivity index (χ4v) is 7.36. The summed E-state index contributed by atoms with van der Waals surface area (Å²) >= 11 is 0. The Morgan fingerprint density at radius 2 is 1.02 bits per heavy atom. The van der Waals surface area contributed by atoms with Gasteiger partial charge in [0, 0.05) is 32.5 Å². The predicted molar refractivity (Wildman–Crippen MR) is 217 cm³/mol. The largest absolute Gasteiger partial charge is 0.278 e. The fraction of sp³-hybridized carbons (Fsp3) is 0.0625. The molecule has 0 radical (unpaired) electrons. The highest BCUT2D eigenvalue weighted by Gasteiger charge is 2.35. The van der Waals surface area contributed by atoms with Crippen LogP contribution in [0.15, 0.2) is 163 Å². The first-order chi connectivity index (χ1) is 34.4. The van der Waals surface area contributed by atoms with Crippen molar-refractivity contribution in [2.24, 2.45) is 0 Å². The van der Waals surface area contributed by atoms with Crippen LogP contribution in [0.25, 0.3) is 89.2 Å². The molecule has 0 saturated carbocycles. The highest BCUT2D eigenvalue weighted by molar-refractivity contribution is 6.10. The van der Waals surface area contributed by atoms with Gasteiger partial charge in [0.05, 0.1) is 49.5 Å². The van der Waals surface area contributed by atoms with Crippen molar-refractivity contribution >= 4 is 43.6 Å². The van der Waals surface area contributed by atoms with Crippen LogP contribution < -0.4 is 0 Å². The lowest BCUT2D eigenvalue weighted by Gasteiger charge is -2.21.